The molecule has 0 unspecified atom stereocenters. The number of hydrogen-bond donors (Lipinski definition) is 1. The molecule has 0 saturated heterocycles. The smallest absolute Gasteiger partial charge is 0.244 e. The van der Waals surface area contributed by atoms with Crippen LogP contribution < -0.4 is 4.57 Å². The van der Waals surface area contributed by atoms with Crippen molar-refractivity contribution in [3.8, 4) is 0 Å². The Bertz CT molecular complexity index is 488. The summed E-state index contributed by atoms with van der Waals surface area (Å²) in [5.74, 6) is 0.417. The molecule has 0 aliphatic carbocycles. The quantitative estimate of drug-likeness (QED) is 0.781. The van der Waals surface area contributed by atoms with Crippen molar-refractivity contribution in [1.29, 1.82) is 0 Å². The molecular formula is C13H19N2O+. The largest absolute Gasteiger partial charge is 0.392 e. The maximum Gasteiger partial charge on any atom is 0.244 e. The maximum atomic E-state index is 9.49. The second-order valence-electron chi connectivity index (χ2n) is 4.62. The molecule has 3 heteroatoms. The first kappa shape index (κ1) is 11.1. The van der Waals surface area contributed by atoms with E-state index in [-0.39, 0.29) is 12.6 Å². The SMILES string of the molecule is CC(C)[C@@H](CO)n1c[n+](C)c2ccccc21. The van der Waals surface area contributed by atoms with Gasteiger partial charge >= 0.3 is 0 Å². The van der Waals surface area contributed by atoms with Gasteiger partial charge in [0.05, 0.1) is 13.7 Å². The average molecular weight is 219 g/mol. The van der Waals surface area contributed by atoms with E-state index in [4.69, 9.17) is 0 Å². The standard InChI is InChI=1S/C13H19N2O/c1-10(2)13(8-16)15-9-14(3)11-6-4-5-7-12(11)15/h4-7,9-10,13,16H,8H2,1-3H3/q+1/t13-/m1/s1. The molecule has 0 aliphatic rings. The van der Waals surface area contributed by atoms with Crippen LogP contribution in [0.3, 0.4) is 0 Å². The third-order valence-corrected chi connectivity index (χ3v) is 3.15. The summed E-state index contributed by atoms with van der Waals surface area (Å²) in [5.41, 5.74) is 2.37. The lowest BCUT2D eigenvalue weighted by Crippen LogP contribution is -2.27. The van der Waals surface area contributed by atoms with E-state index < -0.39 is 0 Å². The number of fused-ring (bicyclic) bond motifs is 1. The van der Waals surface area contributed by atoms with E-state index >= 15 is 0 Å². The molecule has 0 saturated carbocycles. The minimum Gasteiger partial charge on any atom is -0.392 e. The van der Waals surface area contributed by atoms with E-state index in [0.29, 0.717) is 5.92 Å². The molecule has 1 N–H and O–H groups in total. The normalized spacial score (nSPS) is 13.6. The predicted molar refractivity (Wildman–Crippen MR) is 64.1 cm³/mol. The van der Waals surface area contributed by atoms with Crippen molar-refractivity contribution < 1.29 is 9.67 Å². The van der Waals surface area contributed by atoms with E-state index in [0.717, 1.165) is 0 Å². The molecule has 1 atom stereocenters. The summed E-state index contributed by atoms with van der Waals surface area (Å²) in [6.07, 6.45) is 2.06. The Kier molecular flexibility index (Phi) is 2.97. The fourth-order valence-electron chi connectivity index (χ4n) is 2.18. The summed E-state index contributed by atoms with van der Waals surface area (Å²) >= 11 is 0. The molecule has 16 heavy (non-hydrogen) atoms. The molecule has 0 bridgehead atoms. The summed E-state index contributed by atoms with van der Waals surface area (Å²) in [6, 6.07) is 8.41. The van der Waals surface area contributed by atoms with Crippen LogP contribution in [-0.2, 0) is 7.05 Å². The van der Waals surface area contributed by atoms with E-state index in [1.807, 2.05) is 19.2 Å². The average Bonchev–Trinajstić information content (AvgIpc) is 2.58. The van der Waals surface area contributed by atoms with Crippen LogP contribution in [0.4, 0.5) is 0 Å². The maximum absolute atomic E-state index is 9.49. The Morgan fingerprint density at radius 3 is 2.62 bits per heavy atom. The Balaban J connectivity index is 2.60. The van der Waals surface area contributed by atoms with Crippen molar-refractivity contribution in [1.82, 2.24) is 4.57 Å². The molecule has 2 aromatic rings. The minimum absolute atomic E-state index is 0.145. The van der Waals surface area contributed by atoms with Crippen LogP contribution in [0.1, 0.15) is 19.9 Å². The number of benzene rings is 1. The number of imidazole rings is 1. The zero-order valence-electron chi connectivity index (χ0n) is 10.1. The monoisotopic (exact) mass is 219 g/mol. The van der Waals surface area contributed by atoms with Gasteiger partial charge in [0.15, 0.2) is 11.0 Å². The Labute approximate surface area is 95.9 Å². The van der Waals surface area contributed by atoms with Crippen molar-refractivity contribution in [2.75, 3.05) is 6.61 Å². The van der Waals surface area contributed by atoms with Crippen LogP contribution in [-0.4, -0.2) is 16.3 Å². The summed E-state index contributed by atoms with van der Waals surface area (Å²) < 4.78 is 4.26. The lowest BCUT2D eigenvalue weighted by atomic mass is 10.1. The molecular weight excluding hydrogens is 200 g/mol. The molecule has 1 aromatic heterocycles. The van der Waals surface area contributed by atoms with Gasteiger partial charge in [0.2, 0.25) is 6.33 Å². The molecule has 0 spiro atoms. The highest BCUT2D eigenvalue weighted by Crippen LogP contribution is 2.21. The van der Waals surface area contributed by atoms with Gasteiger partial charge in [0.25, 0.3) is 0 Å². The summed E-state index contributed by atoms with van der Waals surface area (Å²) in [6.45, 7) is 4.45. The number of rotatable bonds is 3. The van der Waals surface area contributed by atoms with E-state index in [2.05, 4.69) is 41.4 Å². The Morgan fingerprint density at radius 2 is 2.00 bits per heavy atom. The van der Waals surface area contributed by atoms with Gasteiger partial charge in [-0.15, -0.1) is 0 Å². The molecule has 0 amide bonds. The third kappa shape index (κ3) is 1.71. The van der Waals surface area contributed by atoms with Crippen molar-refractivity contribution in [2.45, 2.75) is 19.9 Å². The van der Waals surface area contributed by atoms with Gasteiger partial charge in [-0.3, -0.25) is 0 Å². The van der Waals surface area contributed by atoms with Crippen LogP contribution in [0, 0.1) is 5.92 Å². The number of aliphatic hydroxyl groups is 1. The molecule has 1 heterocycles. The number of aromatic nitrogens is 2. The first-order chi connectivity index (χ1) is 7.65. The highest BCUT2D eigenvalue weighted by molar-refractivity contribution is 5.71. The first-order valence-electron chi connectivity index (χ1n) is 5.71. The lowest BCUT2D eigenvalue weighted by molar-refractivity contribution is -0.646. The number of aryl methyl sites for hydroxylation is 1. The van der Waals surface area contributed by atoms with Crippen LogP contribution in [0.2, 0.25) is 0 Å². The molecule has 3 nitrogen and oxygen atoms in total. The van der Waals surface area contributed by atoms with Gasteiger partial charge in [-0.05, 0) is 18.1 Å². The van der Waals surface area contributed by atoms with Crippen molar-refractivity contribution >= 4 is 11.0 Å². The molecule has 0 aliphatic heterocycles. The highest BCUT2D eigenvalue weighted by atomic mass is 16.3. The second-order valence-corrected chi connectivity index (χ2v) is 4.62. The number of aliphatic hydroxyl groups excluding tert-OH is 1. The van der Waals surface area contributed by atoms with Gasteiger partial charge in [0.1, 0.15) is 6.04 Å². The zero-order chi connectivity index (χ0) is 11.7. The molecule has 0 fully saturated rings. The fourth-order valence-corrected chi connectivity index (χ4v) is 2.18. The molecule has 86 valence electrons. The Hall–Kier alpha value is -1.35. The topological polar surface area (TPSA) is 29.0 Å². The first-order valence-corrected chi connectivity index (χ1v) is 5.71. The fraction of sp³-hybridized carbons (Fsp3) is 0.462. The van der Waals surface area contributed by atoms with Crippen molar-refractivity contribution in [3.63, 3.8) is 0 Å². The lowest BCUT2D eigenvalue weighted by Gasteiger charge is -2.15. The van der Waals surface area contributed by atoms with Gasteiger partial charge in [0, 0.05) is 0 Å². The summed E-state index contributed by atoms with van der Waals surface area (Å²) in [5, 5.41) is 9.49. The van der Waals surface area contributed by atoms with Gasteiger partial charge in [-0.25, -0.2) is 9.13 Å². The van der Waals surface area contributed by atoms with Crippen LogP contribution in [0.15, 0.2) is 30.6 Å². The summed E-state index contributed by atoms with van der Waals surface area (Å²) in [7, 11) is 2.04. The van der Waals surface area contributed by atoms with Crippen molar-refractivity contribution in [2.24, 2.45) is 13.0 Å². The third-order valence-electron chi connectivity index (χ3n) is 3.15. The van der Waals surface area contributed by atoms with Gasteiger partial charge in [-0.2, -0.15) is 0 Å². The van der Waals surface area contributed by atoms with Crippen LogP contribution >= 0.6 is 0 Å². The van der Waals surface area contributed by atoms with Crippen LogP contribution in [0.5, 0.6) is 0 Å². The zero-order valence-corrected chi connectivity index (χ0v) is 10.1. The minimum atomic E-state index is 0.145. The predicted octanol–water partition coefficient (Wildman–Crippen LogP) is 1.66. The molecule has 2 rings (SSSR count). The number of nitrogens with zero attached hydrogens (tertiary/aromatic N) is 2. The second kappa shape index (κ2) is 4.26. The van der Waals surface area contributed by atoms with E-state index in [9.17, 15) is 5.11 Å². The van der Waals surface area contributed by atoms with Gasteiger partial charge in [-0.1, -0.05) is 26.0 Å². The molecule has 0 radical (unpaired) electrons. The van der Waals surface area contributed by atoms with E-state index in [1.54, 1.807) is 0 Å². The van der Waals surface area contributed by atoms with Gasteiger partial charge < -0.3 is 5.11 Å². The van der Waals surface area contributed by atoms with Crippen LogP contribution in [0.25, 0.3) is 11.0 Å². The highest BCUT2D eigenvalue weighted by Gasteiger charge is 2.23. The number of hydrogen-bond acceptors (Lipinski definition) is 1. The van der Waals surface area contributed by atoms with Crippen molar-refractivity contribution in [3.05, 3.63) is 30.6 Å². The number of para-hydroxylation sites is 2. The Morgan fingerprint density at radius 1 is 1.31 bits per heavy atom. The summed E-state index contributed by atoms with van der Waals surface area (Å²) in [4.78, 5) is 0. The van der Waals surface area contributed by atoms with E-state index in [1.165, 1.54) is 11.0 Å². The molecule has 1 aromatic carbocycles.